The predicted octanol–water partition coefficient (Wildman–Crippen LogP) is 0.364. The van der Waals surface area contributed by atoms with Gasteiger partial charge in [0.25, 0.3) is 0 Å². The number of sulfonamides is 1. The van der Waals surface area contributed by atoms with Crippen molar-refractivity contribution in [2.45, 2.75) is 11.3 Å². The van der Waals surface area contributed by atoms with Gasteiger partial charge in [-0.15, -0.1) is 0 Å². The lowest BCUT2D eigenvalue weighted by molar-refractivity contribution is -0.107. The van der Waals surface area contributed by atoms with Crippen LogP contribution >= 0.6 is 0 Å². The zero-order valence-electron chi connectivity index (χ0n) is 10.9. The van der Waals surface area contributed by atoms with Gasteiger partial charge in [0.15, 0.2) is 0 Å². The Labute approximate surface area is 113 Å². The Morgan fingerprint density at radius 1 is 1.11 bits per heavy atom. The third-order valence-electron chi connectivity index (χ3n) is 3.34. The summed E-state index contributed by atoms with van der Waals surface area (Å²) < 4.78 is 26.3. The molecule has 2 rings (SSSR count). The van der Waals surface area contributed by atoms with Crippen molar-refractivity contribution in [1.29, 1.82) is 0 Å². The SMILES string of the molecule is CN1CCN(S(=O)(=O)c2ccc(CC=O)cc2)CC1. The van der Waals surface area contributed by atoms with Crippen molar-refractivity contribution in [3.8, 4) is 0 Å². The normalized spacial score (nSPS) is 18.4. The van der Waals surface area contributed by atoms with Crippen LogP contribution in [0.15, 0.2) is 29.2 Å². The second kappa shape index (κ2) is 5.81. The molecular formula is C13H18N2O3S. The number of hydrogen-bond donors (Lipinski definition) is 0. The van der Waals surface area contributed by atoms with Crippen LogP contribution in [0.25, 0.3) is 0 Å². The molecule has 0 bridgehead atoms. The molecule has 0 aliphatic carbocycles. The molecule has 104 valence electrons. The third kappa shape index (κ3) is 3.20. The minimum absolute atomic E-state index is 0.298. The maximum absolute atomic E-state index is 12.4. The van der Waals surface area contributed by atoms with Crippen LogP contribution in [0, 0.1) is 0 Å². The third-order valence-corrected chi connectivity index (χ3v) is 5.26. The van der Waals surface area contributed by atoms with Crippen LogP contribution in [-0.2, 0) is 21.2 Å². The molecule has 1 aliphatic heterocycles. The van der Waals surface area contributed by atoms with E-state index in [9.17, 15) is 13.2 Å². The number of rotatable bonds is 4. The lowest BCUT2D eigenvalue weighted by Crippen LogP contribution is -2.46. The maximum Gasteiger partial charge on any atom is 0.243 e. The molecule has 1 aromatic rings. The van der Waals surface area contributed by atoms with Crippen LogP contribution < -0.4 is 0 Å². The molecule has 0 saturated carbocycles. The molecular weight excluding hydrogens is 264 g/mol. The van der Waals surface area contributed by atoms with Gasteiger partial charge in [0.1, 0.15) is 6.29 Å². The van der Waals surface area contributed by atoms with Gasteiger partial charge in [0.2, 0.25) is 10.0 Å². The van der Waals surface area contributed by atoms with Crippen LogP contribution in [0.1, 0.15) is 5.56 Å². The lowest BCUT2D eigenvalue weighted by Gasteiger charge is -2.31. The van der Waals surface area contributed by atoms with E-state index in [4.69, 9.17) is 0 Å². The summed E-state index contributed by atoms with van der Waals surface area (Å²) in [6.07, 6.45) is 1.12. The Hall–Kier alpha value is -1.24. The summed E-state index contributed by atoms with van der Waals surface area (Å²) in [5.74, 6) is 0. The zero-order valence-corrected chi connectivity index (χ0v) is 11.8. The van der Waals surface area contributed by atoms with Crippen LogP contribution in [0.4, 0.5) is 0 Å². The van der Waals surface area contributed by atoms with Gasteiger partial charge in [-0.05, 0) is 24.7 Å². The first-order valence-corrected chi connectivity index (χ1v) is 7.69. The van der Waals surface area contributed by atoms with E-state index in [0.717, 1.165) is 24.9 Å². The molecule has 0 aromatic heterocycles. The fourth-order valence-corrected chi connectivity index (χ4v) is 3.49. The first kappa shape index (κ1) is 14.2. The number of piperazine rings is 1. The summed E-state index contributed by atoms with van der Waals surface area (Å²) in [7, 11) is -1.41. The van der Waals surface area contributed by atoms with Crippen molar-refractivity contribution < 1.29 is 13.2 Å². The van der Waals surface area contributed by atoms with Crippen LogP contribution in [0.2, 0.25) is 0 Å². The molecule has 0 spiro atoms. The highest BCUT2D eigenvalue weighted by molar-refractivity contribution is 7.89. The standard InChI is InChI=1S/C13H18N2O3S/c1-14-7-9-15(10-8-14)19(17,18)13-4-2-12(3-5-13)6-11-16/h2-5,11H,6-10H2,1H3. The van der Waals surface area contributed by atoms with Gasteiger partial charge in [-0.3, -0.25) is 0 Å². The van der Waals surface area contributed by atoms with Crippen molar-refractivity contribution in [3.63, 3.8) is 0 Å². The van der Waals surface area contributed by atoms with Crippen molar-refractivity contribution in [3.05, 3.63) is 29.8 Å². The van der Waals surface area contributed by atoms with Crippen molar-refractivity contribution in [2.24, 2.45) is 0 Å². The van der Waals surface area contributed by atoms with Gasteiger partial charge in [0, 0.05) is 32.6 Å². The summed E-state index contributed by atoms with van der Waals surface area (Å²) in [5.41, 5.74) is 0.826. The van der Waals surface area contributed by atoms with E-state index in [-0.39, 0.29) is 0 Å². The van der Waals surface area contributed by atoms with Gasteiger partial charge >= 0.3 is 0 Å². The maximum atomic E-state index is 12.4. The van der Waals surface area contributed by atoms with Gasteiger partial charge < -0.3 is 9.69 Å². The fraction of sp³-hybridized carbons (Fsp3) is 0.462. The zero-order chi connectivity index (χ0) is 13.9. The molecule has 1 aromatic carbocycles. The molecule has 0 radical (unpaired) electrons. The molecule has 0 amide bonds. The van der Waals surface area contributed by atoms with Crippen LogP contribution in [-0.4, -0.2) is 57.1 Å². The van der Waals surface area contributed by atoms with E-state index >= 15 is 0 Å². The summed E-state index contributed by atoms with van der Waals surface area (Å²) >= 11 is 0. The van der Waals surface area contributed by atoms with E-state index in [2.05, 4.69) is 4.90 Å². The highest BCUT2D eigenvalue weighted by Crippen LogP contribution is 2.18. The Bertz CT molecular complexity index is 532. The number of aldehydes is 1. The second-order valence-corrected chi connectivity index (χ2v) is 6.66. The molecule has 5 nitrogen and oxygen atoms in total. The molecule has 1 aliphatic rings. The summed E-state index contributed by atoms with van der Waals surface area (Å²) in [6.45, 7) is 2.55. The first-order valence-electron chi connectivity index (χ1n) is 6.25. The Balaban J connectivity index is 2.17. The topological polar surface area (TPSA) is 57.7 Å². The molecule has 1 saturated heterocycles. The number of carbonyl (C=O) groups excluding carboxylic acids is 1. The molecule has 6 heteroatoms. The summed E-state index contributed by atoms with van der Waals surface area (Å²) in [6, 6.07) is 6.54. The molecule has 1 heterocycles. The van der Waals surface area contributed by atoms with Gasteiger partial charge in [-0.2, -0.15) is 4.31 Å². The number of carbonyl (C=O) groups is 1. The van der Waals surface area contributed by atoms with Crippen LogP contribution in [0.5, 0.6) is 0 Å². The van der Waals surface area contributed by atoms with E-state index in [0.29, 0.717) is 24.4 Å². The Morgan fingerprint density at radius 3 is 2.21 bits per heavy atom. The second-order valence-electron chi connectivity index (χ2n) is 4.72. The number of hydrogen-bond acceptors (Lipinski definition) is 4. The monoisotopic (exact) mass is 282 g/mol. The minimum atomic E-state index is -3.40. The van der Waals surface area contributed by atoms with E-state index in [1.807, 2.05) is 7.05 Å². The smallest absolute Gasteiger partial charge is 0.243 e. The molecule has 0 unspecified atom stereocenters. The molecule has 1 fully saturated rings. The fourth-order valence-electron chi connectivity index (χ4n) is 2.07. The predicted molar refractivity (Wildman–Crippen MR) is 72.5 cm³/mol. The molecule has 0 N–H and O–H groups in total. The van der Waals surface area contributed by atoms with Gasteiger partial charge in [-0.25, -0.2) is 8.42 Å². The van der Waals surface area contributed by atoms with Crippen molar-refractivity contribution in [2.75, 3.05) is 33.2 Å². The van der Waals surface area contributed by atoms with Crippen molar-refractivity contribution >= 4 is 16.3 Å². The molecule has 19 heavy (non-hydrogen) atoms. The van der Waals surface area contributed by atoms with E-state index in [1.54, 1.807) is 24.3 Å². The van der Waals surface area contributed by atoms with Gasteiger partial charge in [0.05, 0.1) is 4.90 Å². The number of nitrogens with zero attached hydrogens (tertiary/aromatic N) is 2. The number of likely N-dealkylation sites (N-methyl/N-ethyl adjacent to an activating group) is 1. The summed E-state index contributed by atoms with van der Waals surface area (Å²) in [4.78, 5) is 12.8. The first-order chi connectivity index (χ1) is 9.04. The summed E-state index contributed by atoms with van der Waals surface area (Å²) in [5, 5.41) is 0. The number of benzene rings is 1. The minimum Gasteiger partial charge on any atom is -0.304 e. The van der Waals surface area contributed by atoms with Crippen LogP contribution in [0.3, 0.4) is 0 Å². The van der Waals surface area contributed by atoms with Gasteiger partial charge in [-0.1, -0.05) is 12.1 Å². The van der Waals surface area contributed by atoms with E-state index in [1.165, 1.54) is 4.31 Å². The van der Waals surface area contributed by atoms with Crippen molar-refractivity contribution in [1.82, 2.24) is 9.21 Å². The Morgan fingerprint density at radius 2 is 1.68 bits per heavy atom. The quantitative estimate of drug-likeness (QED) is 0.748. The average molecular weight is 282 g/mol. The average Bonchev–Trinajstić information content (AvgIpc) is 2.40. The molecule has 0 atom stereocenters. The highest BCUT2D eigenvalue weighted by atomic mass is 32.2. The van der Waals surface area contributed by atoms with E-state index < -0.39 is 10.0 Å². The lowest BCUT2D eigenvalue weighted by atomic mass is 10.2. The Kier molecular flexibility index (Phi) is 4.34. The largest absolute Gasteiger partial charge is 0.304 e. The highest BCUT2D eigenvalue weighted by Gasteiger charge is 2.27.